The molecule has 1 amide bonds. The van der Waals surface area contributed by atoms with E-state index in [9.17, 15) is 9.90 Å². The largest absolute Gasteiger partial charge is 0.387 e. The molecule has 1 aromatic carbocycles. The van der Waals surface area contributed by atoms with Crippen molar-refractivity contribution < 1.29 is 9.90 Å². The SMILES string of the molecule is NCC(O)c1ccccc1N1CCNC(=O)C1. The van der Waals surface area contributed by atoms with Crippen molar-refractivity contribution in [2.75, 3.05) is 31.1 Å². The average Bonchev–Trinajstić information content (AvgIpc) is 2.38. The summed E-state index contributed by atoms with van der Waals surface area (Å²) in [5.41, 5.74) is 7.15. The lowest BCUT2D eigenvalue weighted by Crippen LogP contribution is -2.48. The highest BCUT2D eigenvalue weighted by Gasteiger charge is 2.20. The first-order valence-electron chi connectivity index (χ1n) is 5.71. The van der Waals surface area contributed by atoms with Gasteiger partial charge in [-0.15, -0.1) is 0 Å². The average molecular weight is 235 g/mol. The maximum atomic E-state index is 11.4. The van der Waals surface area contributed by atoms with Gasteiger partial charge in [0, 0.05) is 30.9 Å². The number of amides is 1. The van der Waals surface area contributed by atoms with E-state index in [-0.39, 0.29) is 12.5 Å². The van der Waals surface area contributed by atoms with E-state index in [2.05, 4.69) is 5.32 Å². The summed E-state index contributed by atoms with van der Waals surface area (Å²) < 4.78 is 0. The number of carbonyl (C=O) groups is 1. The third kappa shape index (κ3) is 2.57. The zero-order valence-electron chi connectivity index (χ0n) is 9.60. The Balaban J connectivity index is 2.27. The van der Waals surface area contributed by atoms with Crippen LogP contribution in [0.3, 0.4) is 0 Å². The van der Waals surface area contributed by atoms with Crippen molar-refractivity contribution in [1.29, 1.82) is 0 Å². The number of para-hydroxylation sites is 1. The summed E-state index contributed by atoms with van der Waals surface area (Å²) in [5, 5.41) is 12.6. The van der Waals surface area contributed by atoms with Crippen LogP contribution >= 0.6 is 0 Å². The summed E-state index contributed by atoms with van der Waals surface area (Å²) in [4.78, 5) is 13.3. The van der Waals surface area contributed by atoms with Gasteiger partial charge in [-0.2, -0.15) is 0 Å². The van der Waals surface area contributed by atoms with Crippen LogP contribution in [0.2, 0.25) is 0 Å². The second-order valence-corrected chi connectivity index (χ2v) is 4.08. The number of hydrogen-bond acceptors (Lipinski definition) is 4. The number of anilines is 1. The monoisotopic (exact) mass is 235 g/mol. The Bertz CT molecular complexity index is 408. The lowest BCUT2D eigenvalue weighted by molar-refractivity contribution is -0.120. The Labute approximate surface area is 100 Å². The molecular weight excluding hydrogens is 218 g/mol. The molecule has 17 heavy (non-hydrogen) atoms. The second-order valence-electron chi connectivity index (χ2n) is 4.08. The molecule has 1 aromatic rings. The molecule has 0 aliphatic carbocycles. The van der Waals surface area contributed by atoms with Gasteiger partial charge in [-0.1, -0.05) is 18.2 Å². The van der Waals surface area contributed by atoms with Crippen molar-refractivity contribution in [3.63, 3.8) is 0 Å². The minimum absolute atomic E-state index is 0.00768. The Hall–Kier alpha value is -1.59. The van der Waals surface area contributed by atoms with Crippen LogP contribution in [-0.4, -0.2) is 37.2 Å². The quantitative estimate of drug-likeness (QED) is 0.667. The van der Waals surface area contributed by atoms with Crippen LogP contribution in [0.25, 0.3) is 0 Å². The van der Waals surface area contributed by atoms with Crippen LogP contribution in [0.5, 0.6) is 0 Å². The topological polar surface area (TPSA) is 78.6 Å². The highest BCUT2D eigenvalue weighted by atomic mass is 16.3. The molecule has 1 aliphatic heterocycles. The molecule has 5 nitrogen and oxygen atoms in total. The summed E-state index contributed by atoms with van der Waals surface area (Å²) in [6.07, 6.45) is -0.684. The number of hydrogen-bond donors (Lipinski definition) is 3. The molecule has 1 atom stereocenters. The molecule has 1 aliphatic rings. The highest BCUT2D eigenvalue weighted by molar-refractivity contribution is 5.83. The van der Waals surface area contributed by atoms with Gasteiger partial charge in [0.15, 0.2) is 0 Å². The minimum atomic E-state index is -0.684. The van der Waals surface area contributed by atoms with Gasteiger partial charge in [-0.05, 0) is 6.07 Å². The Morgan fingerprint density at radius 1 is 1.47 bits per heavy atom. The van der Waals surface area contributed by atoms with Gasteiger partial charge < -0.3 is 21.1 Å². The lowest BCUT2D eigenvalue weighted by Gasteiger charge is -2.31. The fourth-order valence-corrected chi connectivity index (χ4v) is 2.03. The number of nitrogens with one attached hydrogen (secondary N) is 1. The Morgan fingerprint density at radius 2 is 2.24 bits per heavy atom. The minimum Gasteiger partial charge on any atom is -0.387 e. The van der Waals surface area contributed by atoms with Gasteiger partial charge >= 0.3 is 0 Å². The smallest absolute Gasteiger partial charge is 0.239 e. The molecule has 0 bridgehead atoms. The molecule has 0 saturated carbocycles. The molecule has 0 radical (unpaired) electrons. The van der Waals surface area contributed by atoms with Crippen molar-refractivity contribution in [3.8, 4) is 0 Å². The number of piperazine rings is 1. The fourth-order valence-electron chi connectivity index (χ4n) is 2.03. The number of aliphatic hydroxyl groups is 1. The van der Waals surface area contributed by atoms with Crippen LogP contribution in [-0.2, 0) is 4.79 Å². The summed E-state index contributed by atoms with van der Waals surface area (Å²) in [6, 6.07) is 7.52. The van der Waals surface area contributed by atoms with Crippen LogP contribution in [0.1, 0.15) is 11.7 Å². The maximum absolute atomic E-state index is 11.4. The Kier molecular flexibility index (Phi) is 3.61. The molecule has 1 unspecified atom stereocenters. The van der Waals surface area contributed by atoms with E-state index in [1.807, 2.05) is 29.2 Å². The first-order chi connectivity index (χ1) is 8.22. The van der Waals surface area contributed by atoms with Crippen LogP contribution in [0.4, 0.5) is 5.69 Å². The normalized spacial score (nSPS) is 17.8. The van der Waals surface area contributed by atoms with Crippen molar-refractivity contribution >= 4 is 11.6 Å². The van der Waals surface area contributed by atoms with Crippen molar-refractivity contribution in [3.05, 3.63) is 29.8 Å². The number of nitrogens with zero attached hydrogens (tertiary/aromatic N) is 1. The van der Waals surface area contributed by atoms with Crippen LogP contribution in [0.15, 0.2) is 24.3 Å². The van der Waals surface area contributed by atoms with Crippen molar-refractivity contribution in [2.45, 2.75) is 6.10 Å². The highest BCUT2D eigenvalue weighted by Crippen LogP contribution is 2.26. The van der Waals surface area contributed by atoms with Gasteiger partial charge in [-0.25, -0.2) is 0 Å². The van der Waals surface area contributed by atoms with Crippen molar-refractivity contribution in [2.24, 2.45) is 5.73 Å². The predicted octanol–water partition coefficient (Wildman–Crippen LogP) is -0.385. The van der Waals surface area contributed by atoms with E-state index in [4.69, 9.17) is 5.73 Å². The van der Waals surface area contributed by atoms with Gasteiger partial charge in [0.2, 0.25) is 5.91 Å². The summed E-state index contributed by atoms with van der Waals surface area (Å²) >= 11 is 0. The first-order valence-corrected chi connectivity index (χ1v) is 5.71. The summed E-state index contributed by atoms with van der Waals surface area (Å²) in [7, 11) is 0. The molecule has 5 heteroatoms. The van der Waals surface area contributed by atoms with E-state index < -0.39 is 6.10 Å². The third-order valence-corrected chi connectivity index (χ3v) is 2.90. The zero-order chi connectivity index (χ0) is 12.3. The van der Waals surface area contributed by atoms with Crippen LogP contribution < -0.4 is 16.0 Å². The predicted molar refractivity (Wildman–Crippen MR) is 65.7 cm³/mol. The second kappa shape index (κ2) is 5.16. The maximum Gasteiger partial charge on any atom is 0.239 e. The first kappa shape index (κ1) is 11.9. The molecule has 0 spiro atoms. The molecular formula is C12H17N3O2. The fraction of sp³-hybridized carbons (Fsp3) is 0.417. The van der Waals surface area contributed by atoms with E-state index in [0.29, 0.717) is 13.1 Å². The summed E-state index contributed by atoms with van der Waals surface area (Å²) in [5.74, 6) is 0.00768. The van der Waals surface area contributed by atoms with Gasteiger partial charge in [0.1, 0.15) is 0 Å². The van der Waals surface area contributed by atoms with Crippen molar-refractivity contribution in [1.82, 2.24) is 5.32 Å². The molecule has 1 saturated heterocycles. The lowest BCUT2D eigenvalue weighted by atomic mass is 10.1. The van der Waals surface area contributed by atoms with E-state index in [1.165, 1.54) is 0 Å². The third-order valence-electron chi connectivity index (χ3n) is 2.90. The number of nitrogens with two attached hydrogens (primary N) is 1. The summed E-state index contributed by atoms with van der Waals surface area (Å²) in [6.45, 7) is 1.89. The number of benzene rings is 1. The Morgan fingerprint density at radius 3 is 2.94 bits per heavy atom. The van der Waals surface area contributed by atoms with Gasteiger partial charge in [-0.3, -0.25) is 4.79 Å². The van der Waals surface area contributed by atoms with E-state index >= 15 is 0 Å². The molecule has 1 fully saturated rings. The standard InChI is InChI=1S/C12H17N3O2/c13-7-11(16)9-3-1-2-4-10(9)15-6-5-14-12(17)8-15/h1-4,11,16H,5-8,13H2,(H,14,17). The number of carbonyl (C=O) groups excluding carboxylic acids is 1. The number of rotatable bonds is 3. The zero-order valence-corrected chi connectivity index (χ0v) is 9.60. The molecule has 0 aromatic heterocycles. The number of aliphatic hydroxyl groups excluding tert-OH is 1. The van der Waals surface area contributed by atoms with E-state index in [0.717, 1.165) is 17.8 Å². The van der Waals surface area contributed by atoms with Gasteiger partial charge in [0.25, 0.3) is 0 Å². The molecule has 2 rings (SSSR count). The molecule has 1 heterocycles. The molecule has 4 N–H and O–H groups in total. The molecule has 92 valence electrons. The van der Waals surface area contributed by atoms with Gasteiger partial charge in [0.05, 0.1) is 12.6 Å². The van der Waals surface area contributed by atoms with Crippen LogP contribution in [0, 0.1) is 0 Å². The van der Waals surface area contributed by atoms with E-state index in [1.54, 1.807) is 0 Å².